The van der Waals surface area contributed by atoms with Crippen molar-refractivity contribution < 1.29 is 8.42 Å². The lowest BCUT2D eigenvalue weighted by atomic mass is 9.94. The number of rotatable bonds is 1. The van der Waals surface area contributed by atoms with Gasteiger partial charge in [-0.25, -0.2) is 12.7 Å². The highest BCUT2D eigenvalue weighted by Crippen LogP contribution is 2.25. The molecule has 2 aliphatic rings. The van der Waals surface area contributed by atoms with Crippen LogP contribution in [0.15, 0.2) is 0 Å². The molecule has 2 heterocycles. The molecule has 2 fully saturated rings. The highest BCUT2D eigenvalue weighted by atomic mass is 35.5. The maximum absolute atomic E-state index is 11.3. The van der Waals surface area contributed by atoms with Crippen molar-refractivity contribution in [3.8, 4) is 0 Å². The third-order valence-corrected chi connectivity index (χ3v) is 4.38. The van der Waals surface area contributed by atoms with Crippen molar-refractivity contribution in [2.24, 2.45) is 5.92 Å². The van der Waals surface area contributed by atoms with Crippen LogP contribution in [0.4, 0.5) is 0 Å². The van der Waals surface area contributed by atoms with Gasteiger partial charge in [-0.05, 0) is 25.3 Å². The molecule has 0 bridgehead atoms. The summed E-state index contributed by atoms with van der Waals surface area (Å²) in [5.41, 5.74) is 0. The largest absolute Gasteiger partial charge is 0.312 e. The quantitative estimate of drug-likeness (QED) is 0.705. The van der Waals surface area contributed by atoms with Crippen LogP contribution in [-0.4, -0.2) is 44.7 Å². The first kappa shape index (κ1) is 12.2. The van der Waals surface area contributed by atoms with Crippen molar-refractivity contribution in [3.05, 3.63) is 0 Å². The lowest BCUT2D eigenvalue weighted by Crippen LogP contribution is -2.48. The molecule has 4 nitrogen and oxygen atoms in total. The first-order valence-corrected chi connectivity index (χ1v) is 6.61. The molecule has 2 aliphatic heterocycles. The first-order chi connectivity index (χ1) is 6.07. The Morgan fingerprint density at radius 3 is 2.71 bits per heavy atom. The summed E-state index contributed by atoms with van der Waals surface area (Å²) >= 11 is 0. The Bertz CT molecular complexity index is 294. The minimum absolute atomic E-state index is 0. The molecule has 84 valence electrons. The minimum atomic E-state index is -2.97. The SMILES string of the molecule is CS(=O)(=O)N1CCC2CCNC2C1.Cl. The number of fused-ring (bicyclic) bond motifs is 1. The van der Waals surface area contributed by atoms with E-state index in [0.717, 1.165) is 13.0 Å². The van der Waals surface area contributed by atoms with Crippen LogP contribution in [0, 0.1) is 5.92 Å². The molecular weight excluding hydrogens is 224 g/mol. The Kier molecular flexibility index (Phi) is 3.80. The summed E-state index contributed by atoms with van der Waals surface area (Å²) < 4.78 is 24.1. The molecule has 14 heavy (non-hydrogen) atoms. The number of piperidine rings is 1. The van der Waals surface area contributed by atoms with E-state index < -0.39 is 10.0 Å². The van der Waals surface area contributed by atoms with Gasteiger partial charge in [-0.2, -0.15) is 0 Å². The fourth-order valence-electron chi connectivity index (χ4n) is 2.30. The van der Waals surface area contributed by atoms with Crippen LogP contribution in [0.1, 0.15) is 12.8 Å². The standard InChI is InChI=1S/C8H16N2O2S.ClH/c1-13(11,12)10-5-3-7-2-4-9-8(7)6-10;/h7-9H,2-6H2,1H3;1H. The second-order valence-electron chi connectivity index (χ2n) is 4.02. The molecule has 6 heteroatoms. The van der Waals surface area contributed by atoms with Gasteiger partial charge in [0.1, 0.15) is 0 Å². The molecular formula is C8H17ClN2O2S. The van der Waals surface area contributed by atoms with Crippen molar-refractivity contribution in [1.82, 2.24) is 9.62 Å². The smallest absolute Gasteiger partial charge is 0.211 e. The van der Waals surface area contributed by atoms with E-state index in [1.54, 1.807) is 4.31 Å². The normalized spacial score (nSPS) is 33.5. The second kappa shape index (κ2) is 4.35. The molecule has 0 aromatic heterocycles. The predicted octanol–water partition coefficient (Wildman–Crippen LogP) is 0.0516. The Hall–Kier alpha value is 0.160. The van der Waals surface area contributed by atoms with Crippen molar-refractivity contribution in [2.75, 3.05) is 25.9 Å². The zero-order chi connectivity index (χ0) is 9.47. The van der Waals surface area contributed by atoms with Crippen LogP contribution in [-0.2, 0) is 10.0 Å². The molecule has 2 unspecified atom stereocenters. The summed E-state index contributed by atoms with van der Waals surface area (Å²) in [6.07, 6.45) is 3.52. The molecule has 0 aliphatic carbocycles. The Morgan fingerprint density at radius 1 is 1.36 bits per heavy atom. The molecule has 0 amide bonds. The van der Waals surface area contributed by atoms with Gasteiger partial charge in [0.15, 0.2) is 0 Å². The van der Waals surface area contributed by atoms with E-state index in [2.05, 4.69) is 5.32 Å². The van der Waals surface area contributed by atoms with Gasteiger partial charge in [-0.15, -0.1) is 12.4 Å². The lowest BCUT2D eigenvalue weighted by molar-refractivity contribution is 0.250. The van der Waals surface area contributed by atoms with Gasteiger partial charge < -0.3 is 5.32 Å². The molecule has 0 radical (unpaired) electrons. The average molecular weight is 241 g/mol. The first-order valence-electron chi connectivity index (χ1n) is 4.76. The fraction of sp³-hybridized carbons (Fsp3) is 1.00. The summed E-state index contributed by atoms with van der Waals surface area (Å²) in [6, 6.07) is 0.406. The van der Waals surface area contributed by atoms with Crippen LogP contribution >= 0.6 is 12.4 Å². The maximum Gasteiger partial charge on any atom is 0.211 e. The van der Waals surface area contributed by atoms with Crippen LogP contribution in [0.3, 0.4) is 0 Å². The summed E-state index contributed by atoms with van der Waals surface area (Å²) in [4.78, 5) is 0. The predicted molar refractivity (Wildman–Crippen MR) is 58.2 cm³/mol. The van der Waals surface area contributed by atoms with E-state index in [0.29, 0.717) is 25.0 Å². The molecule has 0 aromatic carbocycles. The molecule has 0 aromatic rings. The summed E-state index contributed by atoms with van der Waals surface area (Å²) in [5.74, 6) is 0.706. The second-order valence-corrected chi connectivity index (χ2v) is 6.00. The molecule has 2 atom stereocenters. The highest BCUT2D eigenvalue weighted by Gasteiger charge is 2.35. The molecule has 2 saturated heterocycles. The summed E-state index contributed by atoms with van der Waals surface area (Å²) in [6.45, 7) is 2.43. The van der Waals surface area contributed by atoms with E-state index in [9.17, 15) is 8.42 Å². The van der Waals surface area contributed by atoms with E-state index in [1.165, 1.54) is 12.7 Å². The number of halogens is 1. The number of hydrogen-bond donors (Lipinski definition) is 1. The topological polar surface area (TPSA) is 49.4 Å². The van der Waals surface area contributed by atoms with Crippen molar-refractivity contribution in [2.45, 2.75) is 18.9 Å². The van der Waals surface area contributed by atoms with E-state index in [4.69, 9.17) is 0 Å². The van der Waals surface area contributed by atoms with Gasteiger partial charge in [0.05, 0.1) is 6.26 Å². The van der Waals surface area contributed by atoms with Crippen LogP contribution < -0.4 is 5.32 Å². The number of sulfonamides is 1. The minimum Gasteiger partial charge on any atom is -0.312 e. The Labute approximate surface area is 91.5 Å². The Balaban J connectivity index is 0.000000980. The van der Waals surface area contributed by atoms with Crippen LogP contribution in [0.5, 0.6) is 0 Å². The average Bonchev–Trinajstić information content (AvgIpc) is 2.47. The van der Waals surface area contributed by atoms with Crippen molar-refractivity contribution in [1.29, 1.82) is 0 Å². The molecule has 0 spiro atoms. The monoisotopic (exact) mass is 240 g/mol. The van der Waals surface area contributed by atoms with Gasteiger partial charge in [-0.3, -0.25) is 0 Å². The van der Waals surface area contributed by atoms with E-state index in [1.807, 2.05) is 0 Å². The van der Waals surface area contributed by atoms with Crippen LogP contribution in [0.25, 0.3) is 0 Å². The Morgan fingerprint density at radius 2 is 2.07 bits per heavy atom. The zero-order valence-electron chi connectivity index (χ0n) is 8.27. The van der Waals surface area contributed by atoms with Gasteiger partial charge in [0, 0.05) is 19.1 Å². The molecule has 0 saturated carbocycles. The van der Waals surface area contributed by atoms with E-state index in [-0.39, 0.29) is 12.4 Å². The summed E-state index contributed by atoms with van der Waals surface area (Å²) in [7, 11) is -2.97. The number of nitrogens with one attached hydrogen (secondary N) is 1. The molecule has 1 N–H and O–H groups in total. The van der Waals surface area contributed by atoms with E-state index >= 15 is 0 Å². The zero-order valence-corrected chi connectivity index (χ0v) is 9.90. The lowest BCUT2D eigenvalue weighted by Gasteiger charge is -2.33. The van der Waals surface area contributed by atoms with Crippen LogP contribution in [0.2, 0.25) is 0 Å². The number of hydrogen-bond acceptors (Lipinski definition) is 3. The fourth-order valence-corrected chi connectivity index (χ4v) is 3.17. The highest BCUT2D eigenvalue weighted by molar-refractivity contribution is 7.88. The van der Waals surface area contributed by atoms with Crippen molar-refractivity contribution >= 4 is 22.4 Å². The van der Waals surface area contributed by atoms with Gasteiger partial charge >= 0.3 is 0 Å². The number of nitrogens with zero attached hydrogens (tertiary/aromatic N) is 1. The van der Waals surface area contributed by atoms with Gasteiger partial charge in [-0.1, -0.05) is 0 Å². The third kappa shape index (κ3) is 2.39. The summed E-state index contributed by atoms with van der Waals surface area (Å²) in [5, 5.41) is 3.35. The third-order valence-electron chi connectivity index (χ3n) is 3.11. The van der Waals surface area contributed by atoms with Crippen molar-refractivity contribution in [3.63, 3.8) is 0 Å². The molecule has 2 rings (SSSR count). The van der Waals surface area contributed by atoms with Gasteiger partial charge in [0.2, 0.25) is 10.0 Å². The van der Waals surface area contributed by atoms with Gasteiger partial charge in [0.25, 0.3) is 0 Å². The maximum atomic E-state index is 11.3.